The zero-order valence-electron chi connectivity index (χ0n) is 14.0. The van der Waals surface area contributed by atoms with Crippen molar-refractivity contribution in [1.82, 2.24) is 0 Å². The van der Waals surface area contributed by atoms with Crippen LogP contribution in [0.1, 0.15) is 27.4 Å². The number of aryl methyl sites for hydroxylation is 1. The minimum Gasteiger partial charge on any atom is -0.484 e. The monoisotopic (exact) mass is 386 g/mol. The van der Waals surface area contributed by atoms with Crippen molar-refractivity contribution in [2.45, 2.75) is 13.5 Å². The molecular weight excluding hydrogens is 371 g/mol. The topological polar surface area (TPSA) is 39.4 Å². The molecule has 1 aromatic heterocycles. The van der Waals surface area contributed by atoms with Crippen LogP contribution < -0.4 is 4.74 Å². The molecule has 0 saturated heterocycles. The van der Waals surface area contributed by atoms with Crippen molar-refractivity contribution >= 4 is 35.1 Å². The zero-order chi connectivity index (χ0) is 18.5. The van der Waals surface area contributed by atoms with Crippen LogP contribution in [0.2, 0.25) is 10.0 Å². The van der Waals surface area contributed by atoms with Crippen molar-refractivity contribution in [1.29, 1.82) is 0 Å². The second kappa shape index (κ2) is 8.26. The molecule has 5 heteroatoms. The lowest BCUT2D eigenvalue weighted by molar-refractivity contribution is 0.104. The van der Waals surface area contributed by atoms with Crippen LogP contribution in [0, 0.1) is 6.92 Å². The molecule has 26 heavy (non-hydrogen) atoms. The molecule has 0 aliphatic carbocycles. The van der Waals surface area contributed by atoms with E-state index < -0.39 is 0 Å². The molecule has 0 aliphatic heterocycles. The first-order valence-electron chi connectivity index (χ1n) is 7.97. The molecule has 0 radical (unpaired) electrons. The Morgan fingerprint density at radius 2 is 1.85 bits per heavy atom. The summed E-state index contributed by atoms with van der Waals surface area (Å²) >= 11 is 11.9. The Hall–Kier alpha value is -2.49. The lowest BCUT2D eigenvalue weighted by Gasteiger charge is -2.06. The number of carbonyl (C=O) groups is 1. The maximum Gasteiger partial charge on any atom is 0.185 e. The third-order valence-corrected chi connectivity index (χ3v) is 4.21. The van der Waals surface area contributed by atoms with Gasteiger partial charge in [-0.3, -0.25) is 4.79 Å². The Morgan fingerprint density at radius 3 is 2.58 bits per heavy atom. The standard InChI is InChI=1S/C21H16Cl2O3/c1-14-2-4-15(5-3-14)20(24)10-9-17-7-8-18(26-17)13-25-21-11-6-16(22)12-19(21)23/h2-12H,13H2,1H3/b10-9+. The van der Waals surface area contributed by atoms with Gasteiger partial charge in [0.25, 0.3) is 0 Å². The zero-order valence-corrected chi connectivity index (χ0v) is 15.6. The molecule has 0 N–H and O–H groups in total. The number of benzene rings is 2. The molecule has 132 valence electrons. The Labute approximate surface area is 161 Å². The van der Waals surface area contributed by atoms with E-state index in [1.54, 1.807) is 48.5 Å². The molecule has 0 aliphatic rings. The first-order valence-corrected chi connectivity index (χ1v) is 8.72. The summed E-state index contributed by atoms with van der Waals surface area (Å²) in [5.41, 5.74) is 1.75. The predicted octanol–water partition coefficient (Wildman–Crippen LogP) is 6.37. The van der Waals surface area contributed by atoms with Gasteiger partial charge < -0.3 is 9.15 Å². The lowest BCUT2D eigenvalue weighted by atomic mass is 10.1. The van der Waals surface area contributed by atoms with E-state index in [9.17, 15) is 4.79 Å². The molecule has 0 spiro atoms. The first-order chi connectivity index (χ1) is 12.5. The van der Waals surface area contributed by atoms with Gasteiger partial charge >= 0.3 is 0 Å². The highest BCUT2D eigenvalue weighted by atomic mass is 35.5. The van der Waals surface area contributed by atoms with Gasteiger partial charge in [0, 0.05) is 10.6 Å². The number of halogens is 2. The normalized spacial score (nSPS) is 11.0. The second-order valence-corrected chi connectivity index (χ2v) is 6.57. The summed E-state index contributed by atoms with van der Waals surface area (Å²) in [6.45, 7) is 2.20. The third-order valence-electron chi connectivity index (χ3n) is 3.68. The van der Waals surface area contributed by atoms with Crippen LogP contribution in [0.4, 0.5) is 0 Å². The first kappa shape index (κ1) is 18.3. The van der Waals surface area contributed by atoms with Crippen molar-refractivity contribution in [2.24, 2.45) is 0 Å². The average Bonchev–Trinajstić information content (AvgIpc) is 3.07. The Balaban J connectivity index is 1.60. The van der Waals surface area contributed by atoms with Gasteiger partial charge in [-0.1, -0.05) is 53.0 Å². The minimum absolute atomic E-state index is 0.0767. The van der Waals surface area contributed by atoms with Crippen molar-refractivity contribution in [2.75, 3.05) is 0 Å². The quantitative estimate of drug-likeness (QED) is 0.364. The summed E-state index contributed by atoms with van der Waals surface area (Å²) in [4.78, 5) is 12.1. The Bertz CT molecular complexity index is 940. The largest absolute Gasteiger partial charge is 0.484 e. The van der Waals surface area contributed by atoms with Crippen LogP contribution in [0.5, 0.6) is 5.75 Å². The maximum absolute atomic E-state index is 12.1. The van der Waals surface area contributed by atoms with Crippen molar-refractivity contribution in [3.63, 3.8) is 0 Å². The lowest BCUT2D eigenvalue weighted by Crippen LogP contribution is -1.94. The molecule has 3 aromatic rings. The average molecular weight is 387 g/mol. The van der Waals surface area contributed by atoms with E-state index in [1.807, 2.05) is 19.1 Å². The highest BCUT2D eigenvalue weighted by Gasteiger charge is 2.06. The summed E-state index contributed by atoms with van der Waals surface area (Å²) in [7, 11) is 0. The highest BCUT2D eigenvalue weighted by Crippen LogP contribution is 2.28. The van der Waals surface area contributed by atoms with Gasteiger partial charge in [-0.2, -0.15) is 0 Å². The summed E-state index contributed by atoms with van der Waals surface area (Å²) in [6.07, 6.45) is 3.13. The molecular formula is C21H16Cl2O3. The van der Waals surface area contributed by atoms with Crippen LogP contribution in [0.25, 0.3) is 6.08 Å². The fourth-order valence-electron chi connectivity index (χ4n) is 2.27. The molecule has 0 amide bonds. The van der Waals surface area contributed by atoms with E-state index in [-0.39, 0.29) is 12.4 Å². The Kier molecular flexibility index (Phi) is 5.82. The van der Waals surface area contributed by atoms with E-state index in [0.29, 0.717) is 32.9 Å². The van der Waals surface area contributed by atoms with Gasteiger partial charge in [-0.25, -0.2) is 0 Å². The van der Waals surface area contributed by atoms with Gasteiger partial charge in [0.15, 0.2) is 5.78 Å². The third kappa shape index (κ3) is 4.78. The predicted molar refractivity (Wildman–Crippen MR) is 104 cm³/mol. The summed E-state index contributed by atoms with van der Waals surface area (Å²) < 4.78 is 11.3. The number of hydrogen-bond donors (Lipinski definition) is 0. The molecule has 0 fully saturated rings. The van der Waals surface area contributed by atoms with E-state index in [0.717, 1.165) is 5.56 Å². The molecule has 0 saturated carbocycles. The van der Waals surface area contributed by atoms with Gasteiger partial charge in [-0.15, -0.1) is 0 Å². The van der Waals surface area contributed by atoms with E-state index >= 15 is 0 Å². The van der Waals surface area contributed by atoms with Crippen LogP contribution in [0.3, 0.4) is 0 Å². The van der Waals surface area contributed by atoms with Gasteiger partial charge in [0.05, 0.1) is 5.02 Å². The number of ketones is 1. The number of rotatable bonds is 6. The number of allylic oxidation sites excluding steroid dienone is 1. The molecule has 2 aromatic carbocycles. The molecule has 0 bridgehead atoms. The summed E-state index contributed by atoms with van der Waals surface area (Å²) in [6, 6.07) is 16.0. The Morgan fingerprint density at radius 1 is 1.08 bits per heavy atom. The van der Waals surface area contributed by atoms with Gasteiger partial charge in [0.1, 0.15) is 23.9 Å². The van der Waals surface area contributed by atoms with Crippen molar-refractivity contribution < 1.29 is 13.9 Å². The van der Waals surface area contributed by atoms with E-state index in [1.165, 1.54) is 6.08 Å². The van der Waals surface area contributed by atoms with Crippen LogP contribution >= 0.6 is 23.2 Å². The number of carbonyl (C=O) groups excluding carboxylic acids is 1. The summed E-state index contributed by atoms with van der Waals surface area (Å²) in [5.74, 6) is 1.65. The highest BCUT2D eigenvalue weighted by molar-refractivity contribution is 6.35. The smallest absolute Gasteiger partial charge is 0.185 e. The van der Waals surface area contributed by atoms with E-state index in [4.69, 9.17) is 32.4 Å². The van der Waals surface area contributed by atoms with Gasteiger partial charge in [-0.05, 0) is 49.4 Å². The molecule has 3 nitrogen and oxygen atoms in total. The van der Waals surface area contributed by atoms with Crippen molar-refractivity contribution in [3.8, 4) is 5.75 Å². The van der Waals surface area contributed by atoms with Crippen LogP contribution in [-0.2, 0) is 6.61 Å². The van der Waals surface area contributed by atoms with Gasteiger partial charge in [0.2, 0.25) is 0 Å². The van der Waals surface area contributed by atoms with Crippen LogP contribution in [0.15, 0.2) is 65.1 Å². The van der Waals surface area contributed by atoms with E-state index in [2.05, 4.69) is 0 Å². The second-order valence-electron chi connectivity index (χ2n) is 5.73. The summed E-state index contributed by atoms with van der Waals surface area (Å²) in [5, 5.41) is 0.985. The SMILES string of the molecule is Cc1ccc(C(=O)/C=C/c2ccc(COc3ccc(Cl)cc3Cl)o2)cc1. The molecule has 3 rings (SSSR count). The minimum atomic E-state index is -0.0767. The van der Waals surface area contributed by atoms with Crippen molar-refractivity contribution in [3.05, 3.63) is 93.4 Å². The maximum atomic E-state index is 12.1. The molecule has 0 atom stereocenters. The fourth-order valence-corrected chi connectivity index (χ4v) is 2.74. The fraction of sp³-hybridized carbons (Fsp3) is 0.0952. The number of furan rings is 1. The number of ether oxygens (including phenoxy) is 1. The molecule has 1 heterocycles. The number of hydrogen-bond acceptors (Lipinski definition) is 3. The van der Waals surface area contributed by atoms with Crippen LogP contribution in [-0.4, -0.2) is 5.78 Å². The molecule has 0 unspecified atom stereocenters.